The van der Waals surface area contributed by atoms with Gasteiger partial charge < -0.3 is 16.0 Å². The summed E-state index contributed by atoms with van der Waals surface area (Å²) in [5, 5.41) is 14.8. The molecule has 0 aliphatic heterocycles. The first-order valence-electron chi connectivity index (χ1n) is 8.64. The molecule has 8 nitrogen and oxygen atoms in total. The molecule has 27 heavy (non-hydrogen) atoms. The molecule has 0 spiro atoms. The van der Waals surface area contributed by atoms with Gasteiger partial charge in [0.2, 0.25) is 0 Å². The lowest BCUT2D eigenvalue weighted by atomic mass is 10.1. The van der Waals surface area contributed by atoms with E-state index in [4.69, 9.17) is 0 Å². The van der Waals surface area contributed by atoms with Crippen molar-refractivity contribution in [1.82, 2.24) is 30.4 Å². The van der Waals surface area contributed by atoms with Crippen molar-refractivity contribution in [3.63, 3.8) is 0 Å². The van der Waals surface area contributed by atoms with E-state index in [2.05, 4.69) is 36.0 Å². The third-order valence-electron chi connectivity index (χ3n) is 4.15. The predicted molar refractivity (Wildman–Crippen MR) is 104 cm³/mol. The molecule has 0 fully saturated rings. The van der Waals surface area contributed by atoms with Gasteiger partial charge in [0.1, 0.15) is 18.0 Å². The summed E-state index contributed by atoms with van der Waals surface area (Å²) in [6.07, 6.45) is 3.27. The second kappa shape index (κ2) is 8.43. The molecule has 1 aromatic carbocycles. The number of guanidine groups is 1. The molecule has 142 valence electrons. The van der Waals surface area contributed by atoms with Crippen LogP contribution in [0.1, 0.15) is 11.1 Å². The summed E-state index contributed by atoms with van der Waals surface area (Å²) >= 11 is 0. The maximum atomic E-state index is 13.3. The van der Waals surface area contributed by atoms with Gasteiger partial charge in [-0.15, -0.1) is 0 Å². The van der Waals surface area contributed by atoms with Crippen LogP contribution < -0.4 is 16.0 Å². The predicted octanol–water partition coefficient (Wildman–Crippen LogP) is 1.59. The molecule has 0 unspecified atom stereocenters. The van der Waals surface area contributed by atoms with E-state index in [1.807, 2.05) is 13.1 Å². The average molecular weight is 370 g/mol. The van der Waals surface area contributed by atoms with Gasteiger partial charge in [-0.1, -0.05) is 12.1 Å². The Hall–Kier alpha value is -3.23. The Morgan fingerprint density at radius 3 is 2.85 bits per heavy atom. The normalized spacial score (nSPS) is 11.6. The number of nitrogens with zero attached hydrogens (tertiary/aromatic N) is 5. The average Bonchev–Trinajstić information content (AvgIpc) is 3.06. The van der Waals surface area contributed by atoms with Gasteiger partial charge in [-0.3, -0.25) is 9.67 Å². The Kier molecular flexibility index (Phi) is 5.80. The third kappa shape index (κ3) is 4.49. The Morgan fingerprint density at radius 1 is 1.22 bits per heavy atom. The summed E-state index contributed by atoms with van der Waals surface area (Å²) in [4.78, 5) is 12.7. The number of aliphatic imine (C=N–C) groups is 1. The van der Waals surface area contributed by atoms with Crippen LogP contribution >= 0.6 is 0 Å². The third-order valence-corrected chi connectivity index (χ3v) is 4.15. The highest BCUT2D eigenvalue weighted by atomic mass is 19.1. The van der Waals surface area contributed by atoms with Crippen LogP contribution in [0.25, 0.3) is 11.0 Å². The second-order valence-corrected chi connectivity index (χ2v) is 6.09. The fourth-order valence-corrected chi connectivity index (χ4v) is 2.69. The fourth-order valence-electron chi connectivity index (χ4n) is 2.69. The summed E-state index contributed by atoms with van der Waals surface area (Å²) in [5.74, 6) is 1.23. The molecule has 2 heterocycles. The molecular weight excluding hydrogens is 347 g/mol. The van der Waals surface area contributed by atoms with Gasteiger partial charge in [0, 0.05) is 33.7 Å². The lowest BCUT2D eigenvalue weighted by Gasteiger charge is -2.13. The van der Waals surface area contributed by atoms with Gasteiger partial charge in [0.25, 0.3) is 0 Å². The van der Waals surface area contributed by atoms with E-state index in [0.29, 0.717) is 31.2 Å². The van der Waals surface area contributed by atoms with Crippen LogP contribution in [0.4, 0.5) is 10.2 Å². The monoisotopic (exact) mass is 370 g/mol. The molecule has 0 amide bonds. The Morgan fingerprint density at radius 2 is 2.07 bits per heavy atom. The molecule has 0 aliphatic rings. The number of hydrogen-bond donors (Lipinski definition) is 3. The largest absolute Gasteiger partial charge is 0.368 e. The van der Waals surface area contributed by atoms with Crippen molar-refractivity contribution in [3.05, 3.63) is 47.7 Å². The maximum Gasteiger partial charge on any atom is 0.191 e. The van der Waals surface area contributed by atoms with E-state index in [0.717, 1.165) is 22.4 Å². The zero-order valence-electron chi connectivity index (χ0n) is 15.6. The first-order valence-corrected chi connectivity index (χ1v) is 8.64. The molecular formula is C18H23FN8. The number of fused-ring (bicyclic) bond motifs is 1. The number of anilines is 1. The molecule has 2 aromatic heterocycles. The van der Waals surface area contributed by atoms with Crippen LogP contribution in [0.2, 0.25) is 0 Å². The Balaban J connectivity index is 1.47. The topological polar surface area (TPSA) is 92.1 Å². The minimum atomic E-state index is -0.195. The molecule has 0 saturated heterocycles. The zero-order valence-corrected chi connectivity index (χ0v) is 15.6. The van der Waals surface area contributed by atoms with Crippen LogP contribution in [0, 0.1) is 12.7 Å². The van der Waals surface area contributed by atoms with Crippen molar-refractivity contribution in [2.45, 2.75) is 13.5 Å². The van der Waals surface area contributed by atoms with E-state index >= 15 is 0 Å². The van der Waals surface area contributed by atoms with Gasteiger partial charge in [-0.2, -0.15) is 5.10 Å². The quantitative estimate of drug-likeness (QED) is 0.347. The van der Waals surface area contributed by atoms with E-state index in [-0.39, 0.29) is 5.82 Å². The number of halogens is 1. The van der Waals surface area contributed by atoms with Gasteiger partial charge in [0.05, 0.1) is 11.6 Å². The zero-order chi connectivity index (χ0) is 19.2. The van der Waals surface area contributed by atoms with E-state index in [1.165, 1.54) is 12.4 Å². The van der Waals surface area contributed by atoms with E-state index in [1.54, 1.807) is 30.9 Å². The minimum absolute atomic E-state index is 0.195. The number of aryl methyl sites for hydroxylation is 2. The lowest BCUT2D eigenvalue weighted by Crippen LogP contribution is -2.39. The molecule has 3 N–H and O–H groups in total. The first kappa shape index (κ1) is 18.6. The summed E-state index contributed by atoms with van der Waals surface area (Å²) < 4.78 is 15.0. The van der Waals surface area contributed by atoms with Crippen molar-refractivity contribution in [2.75, 3.05) is 25.5 Å². The molecule has 0 atom stereocenters. The molecule has 3 aromatic rings. The summed E-state index contributed by atoms with van der Waals surface area (Å²) in [6, 6.07) is 5.07. The number of rotatable bonds is 6. The standard InChI is InChI=1S/C18H23FN8/c1-12-8-13(4-5-15(12)19)9-23-18(20-2)22-7-6-21-16-14-10-26-27(3)17(14)25-11-24-16/h4-5,8,10-11H,6-7,9H2,1-3H3,(H2,20,22,23)(H,21,24,25). The minimum Gasteiger partial charge on any atom is -0.368 e. The van der Waals surface area contributed by atoms with Crippen molar-refractivity contribution >= 4 is 22.8 Å². The summed E-state index contributed by atoms with van der Waals surface area (Å²) in [5.41, 5.74) is 2.41. The summed E-state index contributed by atoms with van der Waals surface area (Å²) in [7, 11) is 3.56. The van der Waals surface area contributed by atoms with Crippen LogP contribution in [-0.2, 0) is 13.6 Å². The SMILES string of the molecule is CN=C(NCCNc1ncnc2c1cnn2C)NCc1ccc(F)c(C)c1. The number of hydrogen-bond acceptors (Lipinski definition) is 5. The van der Waals surface area contributed by atoms with E-state index in [9.17, 15) is 4.39 Å². The fraction of sp³-hybridized carbons (Fsp3) is 0.333. The number of benzene rings is 1. The van der Waals surface area contributed by atoms with Crippen molar-refractivity contribution in [2.24, 2.45) is 12.0 Å². The van der Waals surface area contributed by atoms with E-state index < -0.39 is 0 Å². The van der Waals surface area contributed by atoms with Gasteiger partial charge in [0.15, 0.2) is 11.6 Å². The first-order chi connectivity index (χ1) is 13.1. The lowest BCUT2D eigenvalue weighted by molar-refractivity contribution is 0.617. The smallest absolute Gasteiger partial charge is 0.191 e. The number of aromatic nitrogens is 4. The van der Waals surface area contributed by atoms with Crippen LogP contribution in [0.15, 0.2) is 35.7 Å². The molecule has 9 heteroatoms. The highest BCUT2D eigenvalue weighted by Crippen LogP contribution is 2.17. The summed E-state index contributed by atoms with van der Waals surface area (Å²) in [6.45, 7) is 3.62. The van der Waals surface area contributed by atoms with Crippen molar-refractivity contribution in [1.29, 1.82) is 0 Å². The second-order valence-electron chi connectivity index (χ2n) is 6.09. The molecule has 0 radical (unpaired) electrons. The van der Waals surface area contributed by atoms with Crippen LogP contribution in [0.5, 0.6) is 0 Å². The van der Waals surface area contributed by atoms with Gasteiger partial charge in [-0.25, -0.2) is 14.4 Å². The Labute approximate surface area is 156 Å². The molecule has 3 rings (SSSR count). The van der Waals surface area contributed by atoms with Crippen molar-refractivity contribution < 1.29 is 4.39 Å². The highest BCUT2D eigenvalue weighted by Gasteiger charge is 2.07. The molecule has 0 saturated carbocycles. The maximum absolute atomic E-state index is 13.3. The van der Waals surface area contributed by atoms with Gasteiger partial charge in [-0.05, 0) is 24.1 Å². The van der Waals surface area contributed by atoms with Crippen LogP contribution in [0.3, 0.4) is 0 Å². The highest BCUT2D eigenvalue weighted by molar-refractivity contribution is 5.86. The van der Waals surface area contributed by atoms with Crippen molar-refractivity contribution in [3.8, 4) is 0 Å². The Bertz CT molecular complexity index is 950. The molecule has 0 bridgehead atoms. The van der Waals surface area contributed by atoms with Gasteiger partial charge >= 0.3 is 0 Å². The number of nitrogens with one attached hydrogen (secondary N) is 3. The van der Waals surface area contributed by atoms with Crippen LogP contribution in [-0.4, -0.2) is 45.8 Å². The molecule has 0 aliphatic carbocycles.